The minimum atomic E-state index is -0.248. The van der Waals surface area contributed by atoms with E-state index in [1.165, 1.54) is 30.9 Å². The maximum atomic E-state index is 11.7. The highest BCUT2D eigenvalue weighted by Gasteiger charge is 2.27. The standard InChI is InChI=1S/C15H17NO2/c1-3-16-7-6-12-13(10-4-5-10)8-11(9-14(12)16)15(17)18-2/h6-10H,3-5H2,1-2H3. The number of fused-ring (bicyclic) bond motifs is 1. The molecule has 1 aliphatic carbocycles. The van der Waals surface area contributed by atoms with E-state index in [1.807, 2.05) is 12.1 Å². The number of rotatable bonds is 3. The summed E-state index contributed by atoms with van der Waals surface area (Å²) in [5, 5.41) is 1.28. The van der Waals surface area contributed by atoms with Crippen LogP contribution in [0.25, 0.3) is 10.9 Å². The fourth-order valence-corrected chi connectivity index (χ4v) is 2.57. The van der Waals surface area contributed by atoms with Gasteiger partial charge in [0.2, 0.25) is 0 Å². The molecule has 0 unspecified atom stereocenters. The first kappa shape index (κ1) is 11.3. The average Bonchev–Trinajstić information content (AvgIpc) is 3.16. The van der Waals surface area contributed by atoms with Crippen molar-refractivity contribution in [2.45, 2.75) is 32.2 Å². The summed E-state index contributed by atoms with van der Waals surface area (Å²) in [6.07, 6.45) is 4.56. The quantitative estimate of drug-likeness (QED) is 0.774. The summed E-state index contributed by atoms with van der Waals surface area (Å²) in [5.74, 6) is 0.382. The van der Waals surface area contributed by atoms with E-state index in [0.717, 1.165) is 12.1 Å². The molecule has 3 nitrogen and oxygen atoms in total. The number of nitrogens with zero attached hydrogens (tertiary/aromatic N) is 1. The lowest BCUT2D eigenvalue weighted by Gasteiger charge is -2.08. The molecular weight excluding hydrogens is 226 g/mol. The lowest BCUT2D eigenvalue weighted by molar-refractivity contribution is 0.0601. The summed E-state index contributed by atoms with van der Waals surface area (Å²) in [7, 11) is 1.43. The number of aromatic nitrogens is 1. The molecule has 1 saturated carbocycles. The number of ether oxygens (including phenoxy) is 1. The Morgan fingerprint density at radius 3 is 2.83 bits per heavy atom. The average molecular weight is 243 g/mol. The molecule has 0 N–H and O–H groups in total. The Bertz CT molecular complexity index is 608. The topological polar surface area (TPSA) is 31.2 Å². The Morgan fingerprint density at radius 1 is 1.44 bits per heavy atom. The Balaban J connectivity index is 2.23. The van der Waals surface area contributed by atoms with Crippen molar-refractivity contribution < 1.29 is 9.53 Å². The van der Waals surface area contributed by atoms with Gasteiger partial charge in [-0.2, -0.15) is 0 Å². The van der Waals surface area contributed by atoms with Crippen LogP contribution in [0.2, 0.25) is 0 Å². The van der Waals surface area contributed by atoms with Crippen LogP contribution in [0.4, 0.5) is 0 Å². The van der Waals surface area contributed by atoms with E-state index in [0.29, 0.717) is 11.5 Å². The van der Waals surface area contributed by atoms with Crippen LogP contribution in [0.15, 0.2) is 24.4 Å². The van der Waals surface area contributed by atoms with Crippen molar-refractivity contribution in [3.8, 4) is 0 Å². The van der Waals surface area contributed by atoms with Crippen LogP contribution < -0.4 is 0 Å². The molecule has 1 heterocycles. The summed E-state index contributed by atoms with van der Waals surface area (Å²) >= 11 is 0. The van der Waals surface area contributed by atoms with Crippen molar-refractivity contribution in [3.05, 3.63) is 35.5 Å². The minimum absolute atomic E-state index is 0.248. The molecule has 0 amide bonds. The maximum absolute atomic E-state index is 11.7. The second kappa shape index (κ2) is 4.16. The van der Waals surface area contributed by atoms with E-state index < -0.39 is 0 Å². The molecule has 1 aromatic heterocycles. The van der Waals surface area contributed by atoms with Crippen molar-refractivity contribution in [2.24, 2.45) is 0 Å². The molecule has 0 saturated heterocycles. The van der Waals surface area contributed by atoms with Crippen molar-refractivity contribution in [1.82, 2.24) is 4.57 Å². The van der Waals surface area contributed by atoms with Crippen molar-refractivity contribution in [3.63, 3.8) is 0 Å². The fraction of sp³-hybridized carbons (Fsp3) is 0.400. The summed E-state index contributed by atoms with van der Waals surface area (Å²) < 4.78 is 7.02. The lowest BCUT2D eigenvalue weighted by Crippen LogP contribution is -2.03. The first-order valence-corrected chi connectivity index (χ1v) is 6.45. The largest absolute Gasteiger partial charge is 0.465 e. The third-order valence-electron chi connectivity index (χ3n) is 3.70. The van der Waals surface area contributed by atoms with E-state index in [1.54, 1.807) is 0 Å². The molecule has 2 aromatic rings. The van der Waals surface area contributed by atoms with Gasteiger partial charge >= 0.3 is 5.97 Å². The number of carbonyl (C=O) groups is 1. The molecule has 1 aliphatic rings. The van der Waals surface area contributed by atoms with Gasteiger partial charge in [0.1, 0.15) is 0 Å². The van der Waals surface area contributed by atoms with Gasteiger partial charge in [0.15, 0.2) is 0 Å². The Hall–Kier alpha value is -1.77. The third-order valence-corrected chi connectivity index (χ3v) is 3.70. The Morgan fingerprint density at radius 2 is 2.22 bits per heavy atom. The number of esters is 1. The molecule has 18 heavy (non-hydrogen) atoms. The number of hydrogen-bond acceptors (Lipinski definition) is 2. The summed E-state index contributed by atoms with van der Waals surface area (Å²) in [4.78, 5) is 11.7. The molecule has 0 bridgehead atoms. The second-order valence-corrected chi connectivity index (χ2v) is 4.87. The maximum Gasteiger partial charge on any atom is 0.337 e. The molecule has 0 atom stereocenters. The number of methoxy groups -OCH3 is 1. The van der Waals surface area contributed by atoms with E-state index in [-0.39, 0.29) is 5.97 Å². The van der Waals surface area contributed by atoms with Gasteiger partial charge in [-0.3, -0.25) is 0 Å². The fourth-order valence-electron chi connectivity index (χ4n) is 2.57. The van der Waals surface area contributed by atoms with Gasteiger partial charge in [0.25, 0.3) is 0 Å². The van der Waals surface area contributed by atoms with Gasteiger partial charge in [-0.05, 0) is 49.4 Å². The molecule has 0 spiro atoms. The predicted molar refractivity (Wildman–Crippen MR) is 70.9 cm³/mol. The number of aryl methyl sites for hydroxylation is 1. The molecule has 0 radical (unpaired) electrons. The molecule has 1 aromatic carbocycles. The first-order chi connectivity index (χ1) is 8.74. The number of hydrogen-bond donors (Lipinski definition) is 0. The van der Waals surface area contributed by atoms with E-state index >= 15 is 0 Å². The van der Waals surface area contributed by atoms with Crippen molar-refractivity contribution in [1.29, 1.82) is 0 Å². The van der Waals surface area contributed by atoms with Crippen LogP contribution in [0.3, 0.4) is 0 Å². The van der Waals surface area contributed by atoms with Crippen LogP contribution in [0.1, 0.15) is 41.6 Å². The van der Waals surface area contributed by atoms with Gasteiger partial charge in [-0.15, -0.1) is 0 Å². The SMILES string of the molecule is CCn1ccc2c(C3CC3)cc(C(=O)OC)cc21. The van der Waals surface area contributed by atoms with Gasteiger partial charge in [-0.25, -0.2) is 4.79 Å². The number of carbonyl (C=O) groups excluding carboxylic acids is 1. The Labute approximate surface area is 106 Å². The molecular formula is C15H17NO2. The van der Waals surface area contributed by atoms with Gasteiger partial charge in [0, 0.05) is 23.6 Å². The summed E-state index contributed by atoms with van der Waals surface area (Å²) in [5.41, 5.74) is 3.11. The van der Waals surface area contributed by atoms with Crippen LogP contribution in [0.5, 0.6) is 0 Å². The second-order valence-electron chi connectivity index (χ2n) is 4.87. The van der Waals surface area contributed by atoms with Gasteiger partial charge in [0.05, 0.1) is 12.7 Å². The normalized spacial score (nSPS) is 15.0. The zero-order chi connectivity index (χ0) is 12.7. The predicted octanol–water partition coefficient (Wildman–Crippen LogP) is 3.33. The highest BCUT2D eigenvalue weighted by Crippen LogP contribution is 2.43. The zero-order valence-corrected chi connectivity index (χ0v) is 10.8. The van der Waals surface area contributed by atoms with Crippen molar-refractivity contribution >= 4 is 16.9 Å². The summed E-state index contributed by atoms with van der Waals surface area (Å²) in [6.45, 7) is 3.03. The van der Waals surface area contributed by atoms with Crippen molar-refractivity contribution in [2.75, 3.05) is 7.11 Å². The van der Waals surface area contributed by atoms with Crippen LogP contribution in [-0.4, -0.2) is 17.6 Å². The molecule has 94 valence electrons. The molecule has 0 aliphatic heterocycles. The third kappa shape index (κ3) is 1.70. The monoisotopic (exact) mass is 243 g/mol. The smallest absolute Gasteiger partial charge is 0.337 e. The summed E-state index contributed by atoms with van der Waals surface area (Å²) in [6, 6.07) is 6.11. The van der Waals surface area contributed by atoms with Crippen LogP contribution in [0, 0.1) is 0 Å². The number of benzene rings is 1. The Kier molecular flexibility index (Phi) is 2.62. The highest BCUT2D eigenvalue weighted by atomic mass is 16.5. The highest BCUT2D eigenvalue weighted by molar-refractivity contribution is 5.96. The van der Waals surface area contributed by atoms with Crippen LogP contribution in [-0.2, 0) is 11.3 Å². The molecule has 1 fully saturated rings. The zero-order valence-electron chi connectivity index (χ0n) is 10.8. The van der Waals surface area contributed by atoms with Gasteiger partial charge in [-0.1, -0.05) is 0 Å². The van der Waals surface area contributed by atoms with Gasteiger partial charge < -0.3 is 9.30 Å². The molecule has 3 heteroatoms. The minimum Gasteiger partial charge on any atom is -0.465 e. The lowest BCUT2D eigenvalue weighted by atomic mass is 10.0. The van der Waals surface area contributed by atoms with E-state index in [9.17, 15) is 4.79 Å². The van der Waals surface area contributed by atoms with Crippen LogP contribution >= 0.6 is 0 Å². The first-order valence-electron chi connectivity index (χ1n) is 6.45. The molecule has 3 rings (SSSR count). The van der Waals surface area contributed by atoms with E-state index in [4.69, 9.17) is 4.74 Å². The van der Waals surface area contributed by atoms with E-state index in [2.05, 4.69) is 23.8 Å².